The van der Waals surface area contributed by atoms with Gasteiger partial charge >= 0.3 is 0 Å². The molecule has 2 N–H and O–H groups in total. The molecule has 0 saturated carbocycles. The van der Waals surface area contributed by atoms with E-state index >= 15 is 0 Å². The van der Waals surface area contributed by atoms with Crippen LogP contribution in [0.25, 0.3) is 0 Å². The second-order valence-electron chi connectivity index (χ2n) is 5.62. The van der Waals surface area contributed by atoms with Crippen LogP contribution in [0.3, 0.4) is 0 Å². The first-order chi connectivity index (χ1) is 10.6. The van der Waals surface area contributed by atoms with Crippen molar-refractivity contribution in [1.29, 1.82) is 0 Å². The van der Waals surface area contributed by atoms with Gasteiger partial charge < -0.3 is 20.1 Å². The molecule has 1 aromatic carbocycles. The Morgan fingerprint density at radius 1 is 1.45 bits per heavy atom. The highest BCUT2D eigenvalue weighted by Crippen LogP contribution is 2.30. The lowest BCUT2D eigenvalue weighted by Crippen LogP contribution is -2.35. The molecule has 0 aromatic heterocycles. The molecule has 1 aromatic rings. The molecule has 22 heavy (non-hydrogen) atoms. The van der Waals surface area contributed by atoms with E-state index in [1.807, 2.05) is 18.2 Å². The van der Waals surface area contributed by atoms with Crippen molar-refractivity contribution >= 4 is 17.5 Å². The molecule has 2 aliphatic rings. The van der Waals surface area contributed by atoms with Crippen LogP contribution in [0.2, 0.25) is 0 Å². The van der Waals surface area contributed by atoms with Crippen molar-refractivity contribution in [2.75, 3.05) is 18.5 Å². The summed E-state index contributed by atoms with van der Waals surface area (Å²) in [6, 6.07) is 5.68. The third-order valence-electron chi connectivity index (χ3n) is 3.91. The van der Waals surface area contributed by atoms with E-state index in [1.165, 1.54) is 0 Å². The molecule has 0 spiro atoms. The lowest BCUT2D eigenvalue weighted by molar-refractivity contribution is -0.130. The van der Waals surface area contributed by atoms with Crippen molar-refractivity contribution < 1.29 is 19.1 Å². The van der Waals surface area contributed by atoms with E-state index in [9.17, 15) is 9.59 Å². The minimum Gasteiger partial charge on any atom is -0.479 e. The van der Waals surface area contributed by atoms with Gasteiger partial charge in [-0.2, -0.15) is 0 Å². The summed E-state index contributed by atoms with van der Waals surface area (Å²) >= 11 is 0. The van der Waals surface area contributed by atoms with Crippen molar-refractivity contribution in [2.24, 2.45) is 0 Å². The lowest BCUT2D eigenvalue weighted by atomic mass is 10.1. The smallest absolute Gasteiger partial charge is 0.265 e. The molecule has 0 radical (unpaired) electrons. The quantitative estimate of drug-likeness (QED) is 0.877. The Balaban J connectivity index is 1.54. The highest BCUT2D eigenvalue weighted by Gasteiger charge is 2.24. The monoisotopic (exact) mass is 304 g/mol. The summed E-state index contributed by atoms with van der Waals surface area (Å²) in [5.74, 6) is 0.497. The number of carbonyl (C=O) groups excluding carboxylic acids is 2. The predicted molar refractivity (Wildman–Crippen MR) is 80.8 cm³/mol. The molecule has 2 atom stereocenters. The van der Waals surface area contributed by atoms with Gasteiger partial charge in [0.15, 0.2) is 6.10 Å². The maximum atomic E-state index is 11.8. The van der Waals surface area contributed by atoms with Crippen LogP contribution in [-0.4, -0.2) is 37.2 Å². The molecule has 0 bridgehead atoms. The van der Waals surface area contributed by atoms with E-state index in [-0.39, 0.29) is 17.9 Å². The zero-order valence-electron chi connectivity index (χ0n) is 12.6. The average molecular weight is 304 g/mol. The van der Waals surface area contributed by atoms with Crippen molar-refractivity contribution in [2.45, 2.75) is 38.4 Å². The highest BCUT2D eigenvalue weighted by molar-refractivity contribution is 5.97. The van der Waals surface area contributed by atoms with Gasteiger partial charge in [0, 0.05) is 13.2 Å². The van der Waals surface area contributed by atoms with Gasteiger partial charge in [0.05, 0.1) is 5.69 Å². The van der Waals surface area contributed by atoms with Crippen LogP contribution in [0.1, 0.15) is 25.3 Å². The molecule has 2 unspecified atom stereocenters. The van der Waals surface area contributed by atoms with Gasteiger partial charge in [-0.1, -0.05) is 6.07 Å². The molecular weight excluding hydrogens is 284 g/mol. The van der Waals surface area contributed by atoms with Gasteiger partial charge in [-0.25, -0.2) is 0 Å². The Morgan fingerprint density at radius 3 is 3.09 bits per heavy atom. The zero-order chi connectivity index (χ0) is 15.5. The largest absolute Gasteiger partial charge is 0.479 e. The van der Waals surface area contributed by atoms with Crippen molar-refractivity contribution in [3.8, 4) is 5.75 Å². The lowest BCUT2D eigenvalue weighted by Gasteiger charge is -2.23. The molecule has 3 rings (SSSR count). The van der Waals surface area contributed by atoms with Gasteiger partial charge in [0.2, 0.25) is 5.91 Å². The summed E-state index contributed by atoms with van der Waals surface area (Å²) < 4.78 is 10.8. The van der Waals surface area contributed by atoms with Gasteiger partial charge in [-0.3, -0.25) is 9.59 Å². The maximum Gasteiger partial charge on any atom is 0.265 e. The van der Waals surface area contributed by atoms with Crippen LogP contribution in [0.5, 0.6) is 5.75 Å². The Labute approximate surface area is 129 Å². The molecule has 1 saturated heterocycles. The van der Waals surface area contributed by atoms with Crippen molar-refractivity contribution in [3.63, 3.8) is 0 Å². The summed E-state index contributed by atoms with van der Waals surface area (Å²) in [6.45, 7) is 2.93. The fourth-order valence-corrected chi connectivity index (χ4v) is 2.64. The molecular formula is C16H20N2O4. The van der Waals surface area contributed by atoms with Crippen LogP contribution in [0.4, 0.5) is 5.69 Å². The molecule has 2 heterocycles. The standard InChI is InChI=1S/C16H20N2O4/c1-10-15(19)18-12-9-11(4-5-13(12)22-10)6-7-17-16(20)14-3-2-8-21-14/h4-5,9-10,14H,2-3,6-8H2,1H3,(H,17,20)(H,18,19). The second-order valence-corrected chi connectivity index (χ2v) is 5.62. The van der Waals surface area contributed by atoms with Gasteiger partial charge in [0.25, 0.3) is 5.91 Å². The number of fused-ring (bicyclic) bond motifs is 1. The van der Waals surface area contributed by atoms with E-state index in [0.29, 0.717) is 31.0 Å². The summed E-state index contributed by atoms with van der Waals surface area (Å²) in [6.07, 6.45) is 1.67. The topological polar surface area (TPSA) is 76.7 Å². The first-order valence-electron chi connectivity index (χ1n) is 7.63. The molecule has 0 aliphatic carbocycles. The first kappa shape index (κ1) is 14.8. The molecule has 6 nitrogen and oxygen atoms in total. The SMILES string of the molecule is CC1Oc2ccc(CCNC(=O)C3CCCO3)cc2NC1=O. The van der Waals surface area contributed by atoms with Crippen LogP contribution < -0.4 is 15.4 Å². The molecule has 6 heteroatoms. The van der Waals surface area contributed by atoms with Crippen LogP contribution in [-0.2, 0) is 20.7 Å². The van der Waals surface area contributed by atoms with Crippen LogP contribution in [0.15, 0.2) is 18.2 Å². The predicted octanol–water partition coefficient (Wildman–Crippen LogP) is 1.24. The number of hydrogen-bond acceptors (Lipinski definition) is 4. The van der Waals surface area contributed by atoms with E-state index in [2.05, 4.69) is 10.6 Å². The molecule has 118 valence electrons. The fraction of sp³-hybridized carbons (Fsp3) is 0.500. The van der Waals surface area contributed by atoms with Crippen molar-refractivity contribution in [3.05, 3.63) is 23.8 Å². The normalized spacial score (nSPS) is 23.4. The number of carbonyl (C=O) groups is 2. The zero-order valence-corrected chi connectivity index (χ0v) is 12.6. The Kier molecular flexibility index (Phi) is 4.29. The Hall–Kier alpha value is -2.08. The summed E-state index contributed by atoms with van der Waals surface area (Å²) in [7, 11) is 0. The van der Waals surface area contributed by atoms with Crippen LogP contribution in [0, 0.1) is 0 Å². The number of nitrogens with one attached hydrogen (secondary N) is 2. The third-order valence-corrected chi connectivity index (χ3v) is 3.91. The van der Waals surface area contributed by atoms with Crippen LogP contribution >= 0.6 is 0 Å². The number of benzene rings is 1. The van der Waals surface area contributed by atoms with Gasteiger partial charge in [0.1, 0.15) is 11.9 Å². The second kappa shape index (κ2) is 6.36. The number of hydrogen-bond donors (Lipinski definition) is 2. The number of anilines is 1. The van der Waals surface area contributed by atoms with Crippen molar-refractivity contribution in [1.82, 2.24) is 5.32 Å². The Bertz CT molecular complexity index is 582. The molecule has 2 aliphatic heterocycles. The highest BCUT2D eigenvalue weighted by atomic mass is 16.5. The summed E-state index contributed by atoms with van der Waals surface area (Å²) in [4.78, 5) is 23.4. The number of rotatable bonds is 4. The number of amides is 2. The number of ether oxygens (including phenoxy) is 2. The summed E-state index contributed by atoms with van der Waals surface area (Å²) in [5.41, 5.74) is 1.72. The third kappa shape index (κ3) is 3.22. The Morgan fingerprint density at radius 2 is 2.32 bits per heavy atom. The average Bonchev–Trinajstić information content (AvgIpc) is 3.03. The van der Waals surface area contributed by atoms with Gasteiger partial charge in [-0.05, 0) is 43.9 Å². The first-order valence-corrected chi connectivity index (χ1v) is 7.63. The van der Waals surface area contributed by atoms with E-state index in [4.69, 9.17) is 9.47 Å². The van der Waals surface area contributed by atoms with E-state index in [0.717, 1.165) is 18.4 Å². The van der Waals surface area contributed by atoms with E-state index < -0.39 is 6.10 Å². The summed E-state index contributed by atoms with van der Waals surface area (Å²) in [5, 5.41) is 5.71. The maximum absolute atomic E-state index is 11.8. The minimum absolute atomic E-state index is 0.0408. The molecule has 2 amide bonds. The molecule has 1 fully saturated rings. The van der Waals surface area contributed by atoms with Gasteiger partial charge in [-0.15, -0.1) is 0 Å². The minimum atomic E-state index is -0.468. The van der Waals surface area contributed by atoms with E-state index in [1.54, 1.807) is 6.92 Å². The fourth-order valence-electron chi connectivity index (χ4n) is 2.64.